The van der Waals surface area contributed by atoms with Gasteiger partial charge >= 0.3 is 0 Å². The van der Waals surface area contributed by atoms with Crippen LogP contribution in [0.2, 0.25) is 0 Å². The van der Waals surface area contributed by atoms with Gasteiger partial charge in [-0.3, -0.25) is 0 Å². The van der Waals surface area contributed by atoms with Crippen molar-refractivity contribution in [2.24, 2.45) is 5.22 Å². The van der Waals surface area contributed by atoms with E-state index in [-0.39, 0.29) is 0 Å². The largest absolute Gasteiger partial charge is 0.696 e. The quantitative estimate of drug-likeness (QED) is 0.424. The summed E-state index contributed by atoms with van der Waals surface area (Å²) in [5.41, 5.74) is 1.23. The van der Waals surface area contributed by atoms with Gasteiger partial charge in [0.15, 0.2) is 0 Å². The van der Waals surface area contributed by atoms with Crippen molar-refractivity contribution in [1.82, 2.24) is 4.98 Å². The van der Waals surface area contributed by atoms with Gasteiger partial charge in [-0.15, -0.1) is 5.01 Å². The van der Waals surface area contributed by atoms with Crippen LogP contribution in [0.1, 0.15) is 39.2 Å². The summed E-state index contributed by atoms with van der Waals surface area (Å²) in [7, 11) is 0. The summed E-state index contributed by atoms with van der Waals surface area (Å²) in [6.07, 6.45) is 4.81. The standard InChI is InChI=1S/C13H22N4O/c1-4-7-12-8-9-14-13(11-12)16(10-5-2)15-17(18)6-3/h8-9,11H,4-7,10H2,1-3H3/b17-15-. The molecule has 0 spiro atoms. The van der Waals surface area contributed by atoms with E-state index in [2.05, 4.69) is 24.1 Å². The maximum atomic E-state index is 11.4. The lowest BCUT2D eigenvalue weighted by Crippen LogP contribution is -2.21. The third-order valence-electron chi connectivity index (χ3n) is 2.53. The van der Waals surface area contributed by atoms with Crippen molar-refractivity contribution in [3.8, 4) is 0 Å². The number of hydrogen-bond donors (Lipinski definition) is 0. The van der Waals surface area contributed by atoms with E-state index in [1.807, 2.05) is 12.1 Å². The molecule has 0 saturated carbocycles. The Labute approximate surface area is 109 Å². The molecule has 0 aliphatic heterocycles. The maximum absolute atomic E-state index is 11.4. The minimum Gasteiger partial charge on any atom is -0.696 e. The summed E-state index contributed by atoms with van der Waals surface area (Å²) in [5, 5.41) is 17.0. The van der Waals surface area contributed by atoms with Gasteiger partial charge in [-0.05, 0) is 31.4 Å². The van der Waals surface area contributed by atoms with Crippen molar-refractivity contribution < 1.29 is 4.86 Å². The van der Waals surface area contributed by atoms with Crippen molar-refractivity contribution in [3.05, 3.63) is 29.1 Å². The topological polar surface area (TPSA) is 54.6 Å². The lowest BCUT2D eigenvalue weighted by atomic mass is 10.1. The Morgan fingerprint density at radius 2 is 2.11 bits per heavy atom. The fraction of sp³-hybridized carbons (Fsp3) is 0.615. The SMILES string of the molecule is CCCc1ccnc(N(CCC)/N=[N+](\[O-])CC)c1. The van der Waals surface area contributed by atoms with Crippen LogP contribution in [0.25, 0.3) is 0 Å². The molecule has 0 N–H and O–H groups in total. The average molecular weight is 250 g/mol. The number of aryl methyl sites for hydroxylation is 1. The smallest absolute Gasteiger partial charge is 0.242 e. The molecule has 5 nitrogen and oxygen atoms in total. The molecule has 0 amide bonds. The van der Waals surface area contributed by atoms with Crippen molar-refractivity contribution >= 4 is 5.82 Å². The maximum Gasteiger partial charge on any atom is 0.242 e. The molecule has 1 rings (SSSR count). The average Bonchev–Trinajstić information content (AvgIpc) is 2.39. The van der Waals surface area contributed by atoms with E-state index in [1.54, 1.807) is 18.1 Å². The second kappa shape index (κ2) is 7.63. The van der Waals surface area contributed by atoms with Crippen LogP contribution in [0.3, 0.4) is 0 Å². The van der Waals surface area contributed by atoms with Crippen molar-refractivity contribution in [2.75, 3.05) is 18.1 Å². The molecule has 0 aromatic carbocycles. The van der Waals surface area contributed by atoms with Crippen LogP contribution in [0.15, 0.2) is 23.6 Å². The van der Waals surface area contributed by atoms with Crippen LogP contribution in [-0.2, 0) is 6.42 Å². The lowest BCUT2D eigenvalue weighted by molar-refractivity contribution is -0.527. The zero-order valence-electron chi connectivity index (χ0n) is 11.5. The van der Waals surface area contributed by atoms with Crippen LogP contribution in [0.4, 0.5) is 5.82 Å². The number of nitrogens with zero attached hydrogens (tertiary/aromatic N) is 4. The molecule has 1 heterocycles. The van der Waals surface area contributed by atoms with Gasteiger partial charge in [0.1, 0.15) is 13.1 Å². The van der Waals surface area contributed by atoms with E-state index in [0.717, 1.165) is 25.1 Å². The fourth-order valence-corrected chi connectivity index (χ4v) is 1.65. The number of rotatable bonds is 7. The normalized spacial score (nSPS) is 11.6. The van der Waals surface area contributed by atoms with Gasteiger partial charge in [-0.2, -0.15) is 4.86 Å². The third kappa shape index (κ3) is 4.31. The Kier molecular flexibility index (Phi) is 6.11. The Balaban J connectivity index is 2.94. The third-order valence-corrected chi connectivity index (χ3v) is 2.53. The van der Waals surface area contributed by atoms with Gasteiger partial charge in [0, 0.05) is 12.3 Å². The molecule has 100 valence electrons. The molecule has 0 aliphatic carbocycles. The Hall–Kier alpha value is -1.65. The van der Waals surface area contributed by atoms with Gasteiger partial charge < -0.3 is 5.21 Å². The van der Waals surface area contributed by atoms with Gasteiger partial charge in [0.25, 0.3) is 0 Å². The minimum atomic E-state index is 0.342. The Morgan fingerprint density at radius 3 is 2.72 bits per heavy atom. The molecule has 0 atom stereocenters. The van der Waals surface area contributed by atoms with Gasteiger partial charge in [0.2, 0.25) is 5.82 Å². The summed E-state index contributed by atoms with van der Waals surface area (Å²) in [5.74, 6) is 0.747. The molecule has 0 fully saturated rings. The second-order valence-corrected chi connectivity index (χ2v) is 4.15. The van der Waals surface area contributed by atoms with Crippen LogP contribution >= 0.6 is 0 Å². The first-order valence-electron chi connectivity index (χ1n) is 6.59. The molecule has 0 bridgehead atoms. The number of hydroxylamine groups is 1. The van der Waals surface area contributed by atoms with E-state index >= 15 is 0 Å². The molecular formula is C13H22N4O. The van der Waals surface area contributed by atoms with Crippen LogP contribution in [0, 0.1) is 5.21 Å². The van der Waals surface area contributed by atoms with E-state index in [4.69, 9.17) is 0 Å². The summed E-state index contributed by atoms with van der Waals surface area (Å²) in [6, 6.07) is 4.01. The number of anilines is 1. The molecule has 0 unspecified atom stereocenters. The highest BCUT2D eigenvalue weighted by Crippen LogP contribution is 2.15. The Morgan fingerprint density at radius 1 is 1.33 bits per heavy atom. The van der Waals surface area contributed by atoms with Crippen LogP contribution < -0.4 is 5.01 Å². The monoisotopic (exact) mass is 250 g/mol. The summed E-state index contributed by atoms with van der Waals surface area (Å²) < 4.78 is 0. The molecule has 1 aromatic heterocycles. The van der Waals surface area contributed by atoms with Crippen molar-refractivity contribution in [3.63, 3.8) is 0 Å². The molecule has 5 heteroatoms. The zero-order valence-corrected chi connectivity index (χ0v) is 11.5. The first-order chi connectivity index (χ1) is 8.71. The molecule has 0 saturated heterocycles. The van der Waals surface area contributed by atoms with Crippen LogP contribution in [0.5, 0.6) is 0 Å². The summed E-state index contributed by atoms with van der Waals surface area (Å²) >= 11 is 0. The van der Waals surface area contributed by atoms with Crippen LogP contribution in [-0.4, -0.2) is 22.9 Å². The fourth-order valence-electron chi connectivity index (χ4n) is 1.65. The number of hydrogen-bond acceptors (Lipinski definition) is 3. The Bertz CT molecular complexity index is 392. The predicted molar refractivity (Wildman–Crippen MR) is 72.5 cm³/mol. The van der Waals surface area contributed by atoms with Crippen molar-refractivity contribution in [1.29, 1.82) is 0 Å². The molecule has 1 aromatic rings. The van der Waals surface area contributed by atoms with Gasteiger partial charge in [-0.25, -0.2) is 4.98 Å². The molecule has 18 heavy (non-hydrogen) atoms. The molecule has 0 aliphatic rings. The van der Waals surface area contributed by atoms with Crippen molar-refractivity contribution in [2.45, 2.75) is 40.0 Å². The number of pyridine rings is 1. The van der Waals surface area contributed by atoms with Gasteiger partial charge in [-0.1, -0.05) is 20.3 Å². The lowest BCUT2D eigenvalue weighted by Gasteiger charge is -2.12. The summed E-state index contributed by atoms with van der Waals surface area (Å²) in [6.45, 7) is 7.02. The zero-order chi connectivity index (χ0) is 13.4. The number of aromatic nitrogens is 1. The molecule has 0 radical (unpaired) electrons. The molecular weight excluding hydrogens is 228 g/mol. The van der Waals surface area contributed by atoms with E-state index < -0.39 is 0 Å². The first-order valence-corrected chi connectivity index (χ1v) is 6.59. The summed E-state index contributed by atoms with van der Waals surface area (Å²) in [4.78, 5) is 4.98. The van der Waals surface area contributed by atoms with E-state index in [0.29, 0.717) is 18.0 Å². The minimum absolute atomic E-state index is 0.342. The highest BCUT2D eigenvalue weighted by Gasteiger charge is 2.14. The first kappa shape index (κ1) is 14.4. The second-order valence-electron chi connectivity index (χ2n) is 4.15. The predicted octanol–water partition coefficient (Wildman–Crippen LogP) is 3.15. The highest BCUT2D eigenvalue weighted by atomic mass is 16.5. The van der Waals surface area contributed by atoms with E-state index in [9.17, 15) is 5.21 Å². The van der Waals surface area contributed by atoms with Gasteiger partial charge in [0.05, 0.1) is 5.22 Å². The van der Waals surface area contributed by atoms with E-state index in [1.165, 1.54) is 5.56 Å². The highest BCUT2D eigenvalue weighted by molar-refractivity contribution is 5.39.